The van der Waals surface area contributed by atoms with E-state index in [9.17, 15) is 4.79 Å². The van der Waals surface area contributed by atoms with Gasteiger partial charge in [-0.3, -0.25) is 4.79 Å². The molecule has 0 saturated heterocycles. The van der Waals surface area contributed by atoms with E-state index in [1.54, 1.807) is 0 Å². The third kappa shape index (κ3) is 8.04. The number of Topliss-reactive ketones (excluding diaryl/α,β-unsaturated/α-hetero) is 1. The number of rotatable bonds is 8. The molecule has 21 heavy (non-hydrogen) atoms. The third-order valence-corrected chi connectivity index (χ3v) is 4.30. The standard InChI is InChI=1S/C20H32O/c1-16(2)8-5-9-17(3)10-6-11-18(4)14-15-19-12-7-13-20(19)21/h8,10,14,19H,5-7,9,11-13,15H2,1-4H3/b17-10+,18-14+. The van der Waals surface area contributed by atoms with E-state index in [-0.39, 0.29) is 0 Å². The Balaban J connectivity index is 2.23. The lowest BCUT2D eigenvalue weighted by atomic mass is 10.00. The van der Waals surface area contributed by atoms with Crippen LogP contribution in [0.1, 0.15) is 79.1 Å². The van der Waals surface area contributed by atoms with Crippen LogP contribution in [-0.2, 0) is 4.79 Å². The molecule has 1 nitrogen and oxygen atoms in total. The summed E-state index contributed by atoms with van der Waals surface area (Å²) in [6.45, 7) is 8.74. The molecule has 1 aliphatic rings. The highest BCUT2D eigenvalue weighted by Crippen LogP contribution is 2.25. The molecule has 118 valence electrons. The average molecular weight is 288 g/mol. The first-order valence-electron chi connectivity index (χ1n) is 8.46. The van der Waals surface area contributed by atoms with Crippen molar-refractivity contribution in [2.45, 2.75) is 79.1 Å². The summed E-state index contributed by atoms with van der Waals surface area (Å²) in [4.78, 5) is 11.6. The van der Waals surface area contributed by atoms with Crippen LogP contribution in [0, 0.1) is 5.92 Å². The third-order valence-electron chi connectivity index (χ3n) is 4.30. The van der Waals surface area contributed by atoms with Crippen molar-refractivity contribution < 1.29 is 4.79 Å². The summed E-state index contributed by atoms with van der Waals surface area (Å²) in [5, 5.41) is 0. The Morgan fingerprint density at radius 2 is 1.62 bits per heavy atom. The molecule has 1 heteroatoms. The van der Waals surface area contributed by atoms with E-state index >= 15 is 0 Å². The molecule has 1 aliphatic carbocycles. The van der Waals surface area contributed by atoms with E-state index in [1.165, 1.54) is 23.1 Å². The zero-order valence-corrected chi connectivity index (χ0v) is 14.4. The van der Waals surface area contributed by atoms with Crippen molar-refractivity contribution in [1.82, 2.24) is 0 Å². The van der Waals surface area contributed by atoms with Crippen molar-refractivity contribution in [3.63, 3.8) is 0 Å². The summed E-state index contributed by atoms with van der Waals surface area (Å²) in [5.41, 5.74) is 4.33. The second-order valence-electron chi connectivity index (χ2n) is 6.75. The minimum Gasteiger partial charge on any atom is -0.299 e. The maximum atomic E-state index is 11.6. The molecule has 0 bridgehead atoms. The van der Waals surface area contributed by atoms with Crippen molar-refractivity contribution in [3.05, 3.63) is 34.9 Å². The molecular weight excluding hydrogens is 256 g/mol. The molecule has 1 unspecified atom stereocenters. The number of carbonyl (C=O) groups is 1. The van der Waals surface area contributed by atoms with Gasteiger partial charge in [0.1, 0.15) is 5.78 Å². The first kappa shape index (κ1) is 17.9. The van der Waals surface area contributed by atoms with Gasteiger partial charge in [-0.25, -0.2) is 0 Å². The largest absolute Gasteiger partial charge is 0.299 e. The number of allylic oxidation sites excluding steroid dienone is 6. The van der Waals surface area contributed by atoms with E-state index in [0.29, 0.717) is 11.7 Å². The summed E-state index contributed by atoms with van der Waals surface area (Å²) in [6, 6.07) is 0. The van der Waals surface area contributed by atoms with Crippen LogP contribution in [0.2, 0.25) is 0 Å². The van der Waals surface area contributed by atoms with Crippen LogP contribution in [0.5, 0.6) is 0 Å². The zero-order valence-electron chi connectivity index (χ0n) is 14.4. The molecule has 0 aliphatic heterocycles. The molecule has 0 aromatic heterocycles. The molecule has 0 heterocycles. The summed E-state index contributed by atoms with van der Waals surface area (Å²) < 4.78 is 0. The van der Waals surface area contributed by atoms with Crippen molar-refractivity contribution in [2.24, 2.45) is 5.92 Å². The number of carbonyl (C=O) groups excluding carboxylic acids is 1. The lowest BCUT2D eigenvalue weighted by Crippen LogP contribution is -2.04. The second kappa shape index (κ2) is 9.76. The molecular formula is C20H32O. The van der Waals surface area contributed by atoms with Crippen LogP contribution in [-0.4, -0.2) is 5.78 Å². The fourth-order valence-corrected chi connectivity index (χ4v) is 2.82. The van der Waals surface area contributed by atoms with Gasteiger partial charge in [0.15, 0.2) is 0 Å². The number of ketones is 1. The molecule has 1 rings (SSSR count). The molecule has 1 saturated carbocycles. The Labute approximate surface area is 131 Å². The predicted octanol–water partition coefficient (Wildman–Crippen LogP) is 6.16. The van der Waals surface area contributed by atoms with Gasteiger partial charge in [0, 0.05) is 12.3 Å². The Morgan fingerprint density at radius 3 is 2.19 bits per heavy atom. The Kier molecular flexibility index (Phi) is 8.34. The molecule has 0 amide bonds. The summed E-state index contributed by atoms with van der Waals surface area (Å²) in [5.74, 6) is 0.801. The maximum Gasteiger partial charge on any atom is 0.136 e. The predicted molar refractivity (Wildman–Crippen MR) is 92.4 cm³/mol. The maximum absolute atomic E-state index is 11.6. The zero-order chi connectivity index (χ0) is 15.7. The van der Waals surface area contributed by atoms with Crippen LogP contribution in [0.3, 0.4) is 0 Å². The van der Waals surface area contributed by atoms with Gasteiger partial charge in [-0.2, -0.15) is 0 Å². The van der Waals surface area contributed by atoms with E-state index in [0.717, 1.165) is 44.9 Å². The van der Waals surface area contributed by atoms with Gasteiger partial charge >= 0.3 is 0 Å². The van der Waals surface area contributed by atoms with Crippen LogP contribution < -0.4 is 0 Å². The van der Waals surface area contributed by atoms with E-state index in [1.807, 2.05) is 0 Å². The topological polar surface area (TPSA) is 17.1 Å². The second-order valence-corrected chi connectivity index (χ2v) is 6.75. The molecule has 0 aromatic rings. The van der Waals surface area contributed by atoms with Gasteiger partial charge in [-0.1, -0.05) is 34.9 Å². The highest BCUT2D eigenvalue weighted by atomic mass is 16.1. The fourth-order valence-electron chi connectivity index (χ4n) is 2.82. The Hall–Kier alpha value is -1.11. The summed E-state index contributed by atoms with van der Waals surface area (Å²) >= 11 is 0. The summed E-state index contributed by atoms with van der Waals surface area (Å²) in [7, 11) is 0. The van der Waals surface area contributed by atoms with Gasteiger partial charge in [-0.15, -0.1) is 0 Å². The van der Waals surface area contributed by atoms with Crippen molar-refractivity contribution in [3.8, 4) is 0 Å². The highest BCUT2D eigenvalue weighted by Gasteiger charge is 2.22. The van der Waals surface area contributed by atoms with E-state index in [2.05, 4.69) is 45.9 Å². The van der Waals surface area contributed by atoms with Crippen molar-refractivity contribution in [2.75, 3.05) is 0 Å². The molecule has 0 aromatic carbocycles. The first-order valence-corrected chi connectivity index (χ1v) is 8.46. The quantitative estimate of drug-likeness (QED) is 0.488. The normalized spacial score (nSPS) is 20.0. The van der Waals surface area contributed by atoms with Crippen molar-refractivity contribution >= 4 is 5.78 Å². The fraction of sp³-hybridized carbons (Fsp3) is 0.650. The monoisotopic (exact) mass is 288 g/mol. The van der Waals surface area contributed by atoms with Gasteiger partial charge in [-0.05, 0) is 72.6 Å². The minimum atomic E-state index is 0.321. The van der Waals surface area contributed by atoms with Gasteiger partial charge < -0.3 is 0 Å². The highest BCUT2D eigenvalue weighted by molar-refractivity contribution is 5.82. The van der Waals surface area contributed by atoms with Gasteiger partial charge in [0.2, 0.25) is 0 Å². The number of hydrogen-bond donors (Lipinski definition) is 0. The van der Waals surface area contributed by atoms with Crippen LogP contribution in [0.4, 0.5) is 0 Å². The first-order chi connectivity index (χ1) is 9.99. The molecule has 0 spiro atoms. The molecule has 0 radical (unpaired) electrons. The van der Waals surface area contributed by atoms with E-state index < -0.39 is 0 Å². The Bertz CT molecular complexity index is 419. The minimum absolute atomic E-state index is 0.321. The van der Waals surface area contributed by atoms with Gasteiger partial charge in [0.05, 0.1) is 0 Å². The molecule has 0 N–H and O–H groups in total. The van der Waals surface area contributed by atoms with Crippen molar-refractivity contribution in [1.29, 1.82) is 0 Å². The van der Waals surface area contributed by atoms with Crippen LogP contribution in [0.15, 0.2) is 34.9 Å². The van der Waals surface area contributed by atoms with Gasteiger partial charge in [0.25, 0.3) is 0 Å². The van der Waals surface area contributed by atoms with Crippen LogP contribution in [0.25, 0.3) is 0 Å². The molecule has 1 atom stereocenters. The average Bonchev–Trinajstić information content (AvgIpc) is 2.81. The summed E-state index contributed by atoms with van der Waals surface area (Å²) in [6.07, 6.45) is 15.5. The lowest BCUT2D eigenvalue weighted by molar-refractivity contribution is -0.120. The lowest BCUT2D eigenvalue weighted by Gasteiger charge is -2.05. The molecule has 1 fully saturated rings. The smallest absolute Gasteiger partial charge is 0.136 e. The Morgan fingerprint density at radius 1 is 1.00 bits per heavy atom. The van der Waals surface area contributed by atoms with Crippen LogP contribution >= 0.6 is 0 Å². The SMILES string of the molecule is CC(C)=CCC/C(C)=C/CC/C(C)=C/CC1CCCC1=O. The van der Waals surface area contributed by atoms with E-state index in [4.69, 9.17) is 0 Å². The number of hydrogen-bond acceptors (Lipinski definition) is 1.